The molecule has 0 aliphatic heterocycles. The van der Waals surface area contributed by atoms with E-state index >= 15 is 0 Å². The average molecular weight is 458 g/mol. The summed E-state index contributed by atoms with van der Waals surface area (Å²) in [7, 11) is 0. The number of nitrogens with zero attached hydrogens (tertiary/aromatic N) is 3. The second-order valence-corrected chi connectivity index (χ2v) is 8.20. The van der Waals surface area contributed by atoms with Crippen molar-refractivity contribution in [2.24, 2.45) is 0 Å². The number of non-ortho nitro benzene ring substituents is 1. The third-order valence-electron chi connectivity index (χ3n) is 4.37. The normalized spacial score (nSPS) is 11.0. The summed E-state index contributed by atoms with van der Waals surface area (Å²) in [6.45, 7) is 0. The van der Waals surface area contributed by atoms with Gasteiger partial charge in [-0.1, -0.05) is 47.1 Å². The standard InChI is InChI=1S/C21H13Cl2N3O3S/c22-14-4-7-16(8-5-14)25-20(27)18-9-6-15(23)11-19(18)24-21(25)30-12-13-2-1-3-17(10-13)26(28)29/h1-11H,12H2. The third kappa shape index (κ3) is 4.18. The maximum Gasteiger partial charge on any atom is 0.269 e. The Bertz CT molecular complexity index is 1320. The van der Waals surface area contributed by atoms with Crippen LogP contribution in [-0.2, 0) is 5.75 Å². The van der Waals surface area contributed by atoms with Gasteiger partial charge in [0.15, 0.2) is 5.16 Å². The molecule has 30 heavy (non-hydrogen) atoms. The zero-order chi connectivity index (χ0) is 21.3. The smallest absolute Gasteiger partial charge is 0.268 e. The van der Waals surface area contributed by atoms with Crippen molar-refractivity contribution >= 4 is 51.6 Å². The fourth-order valence-electron chi connectivity index (χ4n) is 2.96. The van der Waals surface area contributed by atoms with Gasteiger partial charge in [0, 0.05) is 27.9 Å². The zero-order valence-corrected chi connectivity index (χ0v) is 17.6. The van der Waals surface area contributed by atoms with E-state index in [1.165, 1.54) is 28.5 Å². The van der Waals surface area contributed by atoms with Crippen molar-refractivity contribution in [1.82, 2.24) is 9.55 Å². The van der Waals surface area contributed by atoms with Crippen LogP contribution in [0.3, 0.4) is 0 Å². The number of aromatic nitrogens is 2. The van der Waals surface area contributed by atoms with E-state index in [0.717, 1.165) is 5.56 Å². The SMILES string of the molecule is O=c1c2ccc(Cl)cc2nc(SCc2cccc([N+](=O)[O-])c2)n1-c1ccc(Cl)cc1. The van der Waals surface area contributed by atoms with Gasteiger partial charge in [-0.3, -0.25) is 19.5 Å². The number of hydrogen-bond donors (Lipinski definition) is 0. The van der Waals surface area contributed by atoms with Crippen LogP contribution in [0.4, 0.5) is 5.69 Å². The molecule has 0 amide bonds. The van der Waals surface area contributed by atoms with Gasteiger partial charge in [-0.2, -0.15) is 0 Å². The van der Waals surface area contributed by atoms with Crippen molar-refractivity contribution in [3.05, 3.63) is 103 Å². The summed E-state index contributed by atoms with van der Waals surface area (Å²) < 4.78 is 1.51. The lowest BCUT2D eigenvalue weighted by Gasteiger charge is -2.13. The minimum atomic E-state index is -0.436. The van der Waals surface area contributed by atoms with E-state index < -0.39 is 4.92 Å². The maximum absolute atomic E-state index is 13.2. The molecule has 0 atom stereocenters. The predicted octanol–water partition coefficient (Wildman–Crippen LogP) is 5.89. The molecule has 0 spiro atoms. The van der Waals surface area contributed by atoms with Crippen molar-refractivity contribution < 1.29 is 4.92 Å². The highest BCUT2D eigenvalue weighted by atomic mass is 35.5. The van der Waals surface area contributed by atoms with Crippen LogP contribution in [0.15, 0.2) is 76.7 Å². The topological polar surface area (TPSA) is 78.0 Å². The largest absolute Gasteiger partial charge is 0.269 e. The van der Waals surface area contributed by atoms with E-state index in [0.29, 0.717) is 37.5 Å². The summed E-state index contributed by atoms with van der Waals surface area (Å²) in [5.41, 5.74) is 1.63. The first-order valence-electron chi connectivity index (χ1n) is 8.77. The van der Waals surface area contributed by atoms with Crippen molar-refractivity contribution in [3.63, 3.8) is 0 Å². The molecule has 9 heteroatoms. The van der Waals surface area contributed by atoms with Crippen LogP contribution < -0.4 is 5.56 Å². The molecule has 0 aliphatic rings. The van der Waals surface area contributed by atoms with Crippen molar-refractivity contribution in [1.29, 1.82) is 0 Å². The molecule has 0 saturated heterocycles. The molecule has 1 aromatic heterocycles. The molecule has 0 bridgehead atoms. The van der Waals surface area contributed by atoms with Gasteiger partial charge in [0.25, 0.3) is 11.2 Å². The number of fused-ring (bicyclic) bond motifs is 1. The van der Waals surface area contributed by atoms with Gasteiger partial charge in [-0.15, -0.1) is 0 Å². The number of halogens is 2. The van der Waals surface area contributed by atoms with Gasteiger partial charge in [-0.05, 0) is 48.0 Å². The molecular weight excluding hydrogens is 445 g/mol. The van der Waals surface area contributed by atoms with E-state index in [-0.39, 0.29) is 11.2 Å². The van der Waals surface area contributed by atoms with Crippen LogP contribution in [0.1, 0.15) is 5.56 Å². The quantitative estimate of drug-likeness (QED) is 0.161. The highest BCUT2D eigenvalue weighted by Crippen LogP contribution is 2.27. The minimum Gasteiger partial charge on any atom is -0.268 e. The summed E-state index contributed by atoms with van der Waals surface area (Å²) in [6, 6.07) is 18.2. The predicted molar refractivity (Wildman–Crippen MR) is 120 cm³/mol. The Morgan fingerprint density at radius 2 is 1.73 bits per heavy atom. The number of benzene rings is 3. The molecule has 0 aliphatic carbocycles. The summed E-state index contributed by atoms with van der Waals surface area (Å²) >= 11 is 13.4. The molecule has 0 fully saturated rings. The second-order valence-electron chi connectivity index (χ2n) is 6.39. The average Bonchev–Trinajstić information content (AvgIpc) is 2.73. The summed E-state index contributed by atoms with van der Waals surface area (Å²) in [6.07, 6.45) is 0. The van der Waals surface area contributed by atoms with Gasteiger partial charge in [0.1, 0.15) is 0 Å². The molecule has 1 heterocycles. The van der Waals surface area contributed by atoms with E-state index in [1.54, 1.807) is 54.6 Å². The molecular formula is C21H13Cl2N3O3S. The first-order valence-corrected chi connectivity index (χ1v) is 10.5. The van der Waals surface area contributed by atoms with Crippen molar-refractivity contribution in [2.45, 2.75) is 10.9 Å². The number of thioether (sulfide) groups is 1. The van der Waals surface area contributed by atoms with E-state index in [2.05, 4.69) is 4.98 Å². The maximum atomic E-state index is 13.2. The fraction of sp³-hybridized carbons (Fsp3) is 0.0476. The monoisotopic (exact) mass is 457 g/mol. The highest BCUT2D eigenvalue weighted by Gasteiger charge is 2.15. The molecule has 0 unspecified atom stereocenters. The lowest BCUT2D eigenvalue weighted by atomic mass is 10.2. The Balaban J connectivity index is 1.81. The molecule has 0 saturated carbocycles. The molecule has 0 N–H and O–H groups in total. The number of hydrogen-bond acceptors (Lipinski definition) is 5. The lowest BCUT2D eigenvalue weighted by molar-refractivity contribution is -0.384. The highest BCUT2D eigenvalue weighted by molar-refractivity contribution is 7.98. The van der Waals surface area contributed by atoms with Gasteiger partial charge in [0.05, 0.1) is 21.5 Å². The molecule has 150 valence electrons. The van der Waals surface area contributed by atoms with Crippen LogP contribution in [-0.4, -0.2) is 14.5 Å². The molecule has 0 radical (unpaired) electrons. The number of nitro groups is 1. The lowest BCUT2D eigenvalue weighted by Crippen LogP contribution is -2.21. The summed E-state index contributed by atoms with van der Waals surface area (Å²) in [5.74, 6) is 0.397. The Morgan fingerprint density at radius 3 is 2.47 bits per heavy atom. The van der Waals surface area contributed by atoms with E-state index in [1.807, 2.05) is 0 Å². The summed E-state index contributed by atoms with van der Waals surface area (Å²) in [5, 5.41) is 13.0. The van der Waals surface area contributed by atoms with Crippen LogP contribution >= 0.6 is 35.0 Å². The first kappa shape index (κ1) is 20.4. The third-order valence-corrected chi connectivity index (χ3v) is 5.87. The Labute approximate surface area is 185 Å². The molecule has 3 aromatic carbocycles. The van der Waals surface area contributed by atoms with E-state index in [9.17, 15) is 14.9 Å². The van der Waals surface area contributed by atoms with Gasteiger partial charge in [0.2, 0.25) is 0 Å². The zero-order valence-electron chi connectivity index (χ0n) is 15.3. The Kier molecular flexibility index (Phi) is 5.76. The fourth-order valence-corrected chi connectivity index (χ4v) is 4.21. The number of nitro benzene ring substituents is 1. The van der Waals surface area contributed by atoms with Gasteiger partial charge >= 0.3 is 0 Å². The summed E-state index contributed by atoms with van der Waals surface area (Å²) in [4.78, 5) is 28.5. The van der Waals surface area contributed by atoms with Crippen LogP contribution in [0.25, 0.3) is 16.6 Å². The van der Waals surface area contributed by atoms with Crippen molar-refractivity contribution in [3.8, 4) is 5.69 Å². The van der Waals surface area contributed by atoms with Crippen LogP contribution in [0.5, 0.6) is 0 Å². The van der Waals surface area contributed by atoms with Gasteiger partial charge < -0.3 is 0 Å². The second kappa shape index (κ2) is 8.47. The Hall–Kier alpha value is -2.87. The van der Waals surface area contributed by atoms with Crippen LogP contribution in [0.2, 0.25) is 10.0 Å². The van der Waals surface area contributed by atoms with Crippen molar-refractivity contribution in [2.75, 3.05) is 0 Å². The minimum absolute atomic E-state index is 0.0152. The molecule has 4 aromatic rings. The molecule has 4 rings (SSSR count). The first-order chi connectivity index (χ1) is 14.4. The molecule has 6 nitrogen and oxygen atoms in total. The van der Waals surface area contributed by atoms with E-state index in [4.69, 9.17) is 23.2 Å². The number of rotatable bonds is 5. The van der Waals surface area contributed by atoms with Gasteiger partial charge in [-0.25, -0.2) is 4.98 Å². The Morgan fingerprint density at radius 1 is 1.00 bits per heavy atom. The van der Waals surface area contributed by atoms with Crippen LogP contribution in [0, 0.1) is 10.1 Å².